The number of ether oxygens (including phenoxy) is 2. The number of hydrogen-bond acceptors (Lipinski definition) is 3. The molecule has 0 spiro atoms. The molecule has 5 heteroatoms. The number of methoxy groups -OCH3 is 1. The molecule has 0 aliphatic rings. The number of hydrogen-bond donors (Lipinski definition) is 1. The summed E-state index contributed by atoms with van der Waals surface area (Å²) in [6, 6.07) is 12.6. The first-order valence-corrected chi connectivity index (χ1v) is 8.31. The number of carbonyl (C=O) groups is 1. The normalized spacial score (nSPS) is 10.2. The molecule has 2 aromatic rings. The summed E-state index contributed by atoms with van der Waals surface area (Å²) in [5, 5.41) is 2.86. The third-order valence-corrected chi connectivity index (χ3v) is 3.76. The molecule has 0 unspecified atom stereocenters. The lowest BCUT2D eigenvalue weighted by Gasteiger charge is -2.12. The van der Waals surface area contributed by atoms with Crippen molar-refractivity contribution in [3.05, 3.63) is 52.5 Å². The molecule has 0 saturated carbocycles. The van der Waals surface area contributed by atoms with E-state index in [-0.39, 0.29) is 5.91 Å². The summed E-state index contributed by atoms with van der Waals surface area (Å²) in [6.45, 7) is 2.74. The average Bonchev–Trinajstić information content (AvgIpc) is 2.55. The van der Waals surface area contributed by atoms with Crippen LogP contribution in [0.5, 0.6) is 11.5 Å². The Labute approximate surface area is 144 Å². The Bertz CT molecular complexity index is 673. The average molecular weight is 378 g/mol. The van der Waals surface area contributed by atoms with Crippen LogP contribution < -0.4 is 14.8 Å². The zero-order valence-electron chi connectivity index (χ0n) is 13.3. The van der Waals surface area contributed by atoms with Crippen LogP contribution >= 0.6 is 15.9 Å². The number of unbranched alkanes of at least 4 members (excludes halogenated alkanes) is 1. The van der Waals surface area contributed by atoms with E-state index in [9.17, 15) is 4.79 Å². The third-order valence-electron chi connectivity index (χ3n) is 3.26. The van der Waals surface area contributed by atoms with E-state index in [2.05, 4.69) is 28.2 Å². The van der Waals surface area contributed by atoms with Crippen molar-refractivity contribution in [2.75, 3.05) is 19.0 Å². The van der Waals surface area contributed by atoms with Gasteiger partial charge >= 0.3 is 0 Å². The lowest BCUT2D eigenvalue weighted by molar-refractivity contribution is 0.102. The quantitative estimate of drug-likeness (QED) is 0.698. The topological polar surface area (TPSA) is 47.6 Å². The predicted octanol–water partition coefficient (Wildman–Crippen LogP) is 4.89. The molecule has 2 rings (SSSR count). The lowest BCUT2D eigenvalue weighted by Crippen LogP contribution is -2.12. The Morgan fingerprint density at radius 3 is 2.70 bits per heavy atom. The minimum Gasteiger partial charge on any atom is -0.493 e. The summed E-state index contributed by atoms with van der Waals surface area (Å²) in [5.41, 5.74) is 1.25. The van der Waals surface area contributed by atoms with Crippen LogP contribution in [0.15, 0.2) is 46.9 Å². The SMILES string of the molecule is CCCCOc1ccc(C(=O)Nc2cccc(Br)c2)cc1OC. The van der Waals surface area contributed by atoms with Gasteiger partial charge in [-0.3, -0.25) is 4.79 Å². The number of rotatable bonds is 7. The zero-order valence-corrected chi connectivity index (χ0v) is 14.9. The van der Waals surface area contributed by atoms with E-state index >= 15 is 0 Å². The van der Waals surface area contributed by atoms with Crippen molar-refractivity contribution < 1.29 is 14.3 Å². The molecule has 1 amide bonds. The number of nitrogens with one attached hydrogen (secondary N) is 1. The van der Waals surface area contributed by atoms with E-state index in [0.29, 0.717) is 23.7 Å². The van der Waals surface area contributed by atoms with Gasteiger partial charge in [0.05, 0.1) is 13.7 Å². The Balaban J connectivity index is 2.11. The van der Waals surface area contributed by atoms with Crippen molar-refractivity contribution in [1.82, 2.24) is 0 Å². The number of halogens is 1. The van der Waals surface area contributed by atoms with Crippen molar-refractivity contribution in [3.63, 3.8) is 0 Å². The van der Waals surface area contributed by atoms with Crippen LogP contribution in [0.4, 0.5) is 5.69 Å². The highest BCUT2D eigenvalue weighted by molar-refractivity contribution is 9.10. The smallest absolute Gasteiger partial charge is 0.255 e. The van der Waals surface area contributed by atoms with E-state index in [4.69, 9.17) is 9.47 Å². The Morgan fingerprint density at radius 1 is 1.17 bits per heavy atom. The lowest BCUT2D eigenvalue weighted by atomic mass is 10.2. The van der Waals surface area contributed by atoms with Gasteiger partial charge in [-0.15, -0.1) is 0 Å². The number of amides is 1. The molecule has 122 valence electrons. The van der Waals surface area contributed by atoms with Gasteiger partial charge in [-0.2, -0.15) is 0 Å². The van der Waals surface area contributed by atoms with Gasteiger partial charge in [-0.1, -0.05) is 35.3 Å². The van der Waals surface area contributed by atoms with Gasteiger partial charge in [0, 0.05) is 15.7 Å². The van der Waals surface area contributed by atoms with Gasteiger partial charge in [0.2, 0.25) is 0 Å². The maximum atomic E-state index is 12.3. The van der Waals surface area contributed by atoms with Crippen LogP contribution in [0.3, 0.4) is 0 Å². The molecule has 0 radical (unpaired) electrons. The molecule has 0 aliphatic heterocycles. The molecular weight excluding hydrogens is 358 g/mol. The molecule has 0 bridgehead atoms. The standard InChI is InChI=1S/C18H20BrNO3/c1-3-4-10-23-16-9-8-13(11-17(16)22-2)18(21)20-15-7-5-6-14(19)12-15/h5-9,11-12H,3-4,10H2,1-2H3,(H,20,21). The molecule has 0 aromatic heterocycles. The summed E-state index contributed by atoms with van der Waals surface area (Å²) in [5.74, 6) is 1.02. The fourth-order valence-electron chi connectivity index (χ4n) is 2.02. The van der Waals surface area contributed by atoms with E-state index < -0.39 is 0 Å². The molecule has 0 heterocycles. The summed E-state index contributed by atoms with van der Waals surface area (Å²) in [4.78, 5) is 12.3. The minimum atomic E-state index is -0.193. The number of anilines is 1. The summed E-state index contributed by atoms with van der Waals surface area (Å²) in [7, 11) is 1.57. The molecule has 0 atom stereocenters. The Morgan fingerprint density at radius 2 is 2.00 bits per heavy atom. The van der Waals surface area contributed by atoms with E-state index in [0.717, 1.165) is 23.0 Å². The molecule has 0 saturated heterocycles. The van der Waals surface area contributed by atoms with Crippen molar-refractivity contribution in [3.8, 4) is 11.5 Å². The van der Waals surface area contributed by atoms with Crippen LogP contribution in [0.1, 0.15) is 30.1 Å². The van der Waals surface area contributed by atoms with E-state index in [1.54, 1.807) is 25.3 Å². The second kappa shape index (κ2) is 8.58. The fraction of sp³-hybridized carbons (Fsp3) is 0.278. The molecule has 0 fully saturated rings. The van der Waals surface area contributed by atoms with Gasteiger partial charge in [-0.05, 0) is 42.8 Å². The molecule has 2 aromatic carbocycles. The Kier molecular flexibility index (Phi) is 6.47. The van der Waals surface area contributed by atoms with Crippen LogP contribution in [-0.2, 0) is 0 Å². The first-order chi connectivity index (χ1) is 11.1. The van der Waals surface area contributed by atoms with Crippen molar-refractivity contribution in [2.24, 2.45) is 0 Å². The van der Waals surface area contributed by atoms with Crippen molar-refractivity contribution in [2.45, 2.75) is 19.8 Å². The molecule has 23 heavy (non-hydrogen) atoms. The first kappa shape index (κ1) is 17.3. The highest BCUT2D eigenvalue weighted by Gasteiger charge is 2.11. The number of carbonyl (C=O) groups excluding carboxylic acids is 1. The second-order valence-corrected chi connectivity index (χ2v) is 5.95. The maximum Gasteiger partial charge on any atom is 0.255 e. The molecule has 4 nitrogen and oxygen atoms in total. The van der Waals surface area contributed by atoms with Crippen molar-refractivity contribution in [1.29, 1.82) is 0 Å². The third kappa shape index (κ3) is 4.99. The molecule has 0 aliphatic carbocycles. The predicted molar refractivity (Wildman–Crippen MR) is 95.5 cm³/mol. The minimum absolute atomic E-state index is 0.193. The highest BCUT2D eigenvalue weighted by atomic mass is 79.9. The highest BCUT2D eigenvalue weighted by Crippen LogP contribution is 2.28. The molecular formula is C18H20BrNO3. The van der Waals surface area contributed by atoms with Gasteiger partial charge in [0.15, 0.2) is 11.5 Å². The van der Waals surface area contributed by atoms with E-state index in [1.807, 2.05) is 24.3 Å². The fourth-order valence-corrected chi connectivity index (χ4v) is 2.42. The van der Waals surface area contributed by atoms with Crippen LogP contribution in [0.2, 0.25) is 0 Å². The molecule has 1 N–H and O–H groups in total. The van der Waals surface area contributed by atoms with Crippen LogP contribution in [0, 0.1) is 0 Å². The summed E-state index contributed by atoms with van der Waals surface area (Å²) in [6.07, 6.45) is 2.05. The van der Waals surface area contributed by atoms with Gasteiger partial charge in [-0.25, -0.2) is 0 Å². The van der Waals surface area contributed by atoms with Gasteiger partial charge < -0.3 is 14.8 Å². The van der Waals surface area contributed by atoms with Crippen molar-refractivity contribution >= 4 is 27.5 Å². The van der Waals surface area contributed by atoms with Crippen LogP contribution in [0.25, 0.3) is 0 Å². The van der Waals surface area contributed by atoms with Crippen LogP contribution in [-0.4, -0.2) is 19.6 Å². The van der Waals surface area contributed by atoms with E-state index in [1.165, 1.54) is 0 Å². The van der Waals surface area contributed by atoms with Gasteiger partial charge in [0.1, 0.15) is 0 Å². The zero-order chi connectivity index (χ0) is 16.7. The Hall–Kier alpha value is -2.01. The first-order valence-electron chi connectivity index (χ1n) is 7.51. The largest absolute Gasteiger partial charge is 0.493 e. The second-order valence-electron chi connectivity index (χ2n) is 5.03. The number of benzene rings is 2. The van der Waals surface area contributed by atoms with Gasteiger partial charge in [0.25, 0.3) is 5.91 Å². The summed E-state index contributed by atoms with van der Waals surface area (Å²) >= 11 is 3.38. The summed E-state index contributed by atoms with van der Waals surface area (Å²) < 4.78 is 11.9. The monoisotopic (exact) mass is 377 g/mol. The maximum absolute atomic E-state index is 12.3.